The Balaban J connectivity index is 1.96. The zero-order valence-electron chi connectivity index (χ0n) is 10.8. The second kappa shape index (κ2) is 4.99. The SMILES string of the molecule is CC1CSC(NC2(C)CCCCC2)=NC1C. The summed E-state index contributed by atoms with van der Waals surface area (Å²) in [6.45, 7) is 6.88. The third-order valence-electron chi connectivity index (χ3n) is 3.99. The Kier molecular flexibility index (Phi) is 3.83. The molecule has 1 N–H and O–H groups in total. The first-order valence-electron chi connectivity index (χ1n) is 6.58. The van der Waals surface area contributed by atoms with Crippen LogP contribution in [0.2, 0.25) is 0 Å². The van der Waals surface area contributed by atoms with E-state index in [1.54, 1.807) is 0 Å². The maximum atomic E-state index is 4.77. The van der Waals surface area contributed by atoms with Gasteiger partial charge in [-0.15, -0.1) is 0 Å². The highest BCUT2D eigenvalue weighted by Gasteiger charge is 2.29. The van der Waals surface area contributed by atoms with Crippen molar-refractivity contribution < 1.29 is 0 Å². The largest absolute Gasteiger partial charge is 0.360 e. The highest BCUT2D eigenvalue weighted by atomic mass is 32.2. The molecule has 0 radical (unpaired) electrons. The molecule has 0 bridgehead atoms. The first-order chi connectivity index (χ1) is 7.59. The summed E-state index contributed by atoms with van der Waals surface area (Å²) in [5, 5.41) is 4.89. The lowest BCUT2D eigenvalue weighted by Gasteiger charge is -2.37. The molecule has 1 aliphatic carbocycles. The van der Waals surface area contributed by atoms with Gasteiger partial charge < -0.3 is 5.32 Å². The fourth-order valence-corrected chi connectivity index (χ4v) is 3.74. The number of aliphatic imine (C=N–C) groups is 1. The van der Waals surface area contributed by atoms with Crippen molar-refractivity contribution in [3.8, 4) is 0 Å². The van der Waals surface area contributed by atoms with E-state index in [0.29, 0.717) is 11.6 Å². The molecule has 0 amide bonds. The van der Waals surface area contributed by atoms with E-state index >= 15 is 0 Å². The summed E-state index contributed by atoms with van der Waals surface area (Å²) in [7, 11) is 0. The van der Waals surface area contributed by atoms with Gasteiger partial charge in [-0.25, -0.2) is 0 Å². The second-order valence-corrected chi connectivity index (χ2v) is 6.72. The fourth-order valence-electron chi connectivity index (χ4n) is 2.48. The molecule has 2 nitrogen and oxygen atoms in total. The normalized spacial score (nSPS) is 34.3. The van der Waals surface area contributed by atoms with Gasteiger partial charge in [0.1, 0.15) is 0 Å². The molecule has 92 valence electrons. The maximum absolute atomic E-state index is 4.77. The van der Waals surface area contributed by atoms with Gasteiger partial charge in [0.05, 0.1) is 6.04 Å². The van der Waals surface area contributed by atoms with E-state index in [0.717, 1.165) is 5.92 Å². The lowest BCUT2D eigenvalue weighted by Crippen LogP contribution is -2.47. The van der Waals surface area contributed by atoms with Gasteiger partial charge >= 0.3 is 0 Å². The molecule has 1 heterocycles. The van der Waals surface area contributed by atoms with Gasteiger partial charge in [0, 0.05) is 11.3 Å². The van der Waals surface area contributed by atoms with Crippen molar-refractivity contribution in [1.82, 2.24) is 5.32 Å². The standard InChI is InChI=1S/C13H24N2S/c1-10-9-16-12(14-11(10)2)15-13(3)7-5-4-6-8-13/h10-11H,4-9H2,1-3H3,(H,14,15). The summed E-state index contributed by atoms with van der Waals surface area (Å²) in [6.07, 6.45) is 6.75. The summed E-state index contributed by atoms with van der Waals surface area (Å²) in [5.74, 6) is 1.93. The van der Waals surface area contributed by atoms with E-state index in [-0.39, 0.29) is 0 Å². The zero-order chi connectivity index (χ0) is 11.6. The van der Waals surface area contributed by atoms with Crippen molar-refractivity contribution in [1.29, 1.82) is 0 Å². The number of thioether (sulfide) groups is 1. The molecule has 2 atom stereocenters. The Labute approximate surface area is 104 Å². The van der Waals surface area contributed by atoms with Gasteiger partial charge in [0.25, 0.3) is 0 Å². The van der Waals surface area contributed by atoms with Crippen LogP contribution in [0, 0.1) is 5.92 Å². The Morgan fingerprint density at radius 1 is 1.25 bits per heavy atom. The fraction of sp³-hybridized carbons (Fsp3) is 0.923. The molecule has 2 aliphatic rings. The molecule has 1 aliphatic heterocycles. The van der Waals surface area contributed by atoms with Crippen LogP contribution in [0.15, 0.2) is 4.99 Å². The zero-order valence-corrected chi connectivity index (χ0v) is 11.6. The summed E-state index contributed by atoms with van der Waals surface area (Å²) in [6, 6.07) is 0.482. The Hall–Kier alpha value is -0.180. The van der Waals surface area contributed by atoms with E-state index in [4.69, 9.17) is 4.99 Å². The van der Waals surface area contributed by atoms with Crippen LogP contribution in [0.25, 0.3) is 0 Å². The van der Waals surface area contributed by atoms with Crippen LogP contribution >= 0.6 is 11.8 Å². The van der Waals surface area contributed by atoms with Crippen molar-refractivity contribution in [2.24, 2.45) is 10.9 Å². The molecule has 0 saturated heterocycles. The minimum Gasteiger partial charge on any atom is -0.360 e. The molecule has 0 aromatic rings. The Morgan fingerprint density at radius 2 is 1.94 bits per heavy atom. The van der Waals surface area contributed by atoms with E-state index in [9.17, 15) is 0 Å². The molecule has 1 fully saturated rings. The number of nitrogens with zero attached hydrogens (tertiary/aromatic N) is 1. The van der Waals surface area contributed by atoms with Crippen molar-refractivity contribution in [2.75, 3.05) is 5.75 Å². The van der Waals surface area contributed by atoms with Crippen molar-refractivity contribution >= 4 is 16.9 Å². The molecule has 0 spiro atoms. The number of amidine groups is 1. The van der Waals surface area contributed by atoms with E-state index in [1.807, 2.05) is 11.8 Å². The average molecular weight is 240 g/mol. The van der Waals surface area contributed by atoms with Crippen LogP contribution in [-0.4, -0.2) is 22.5 Å². The van der Waals surface area contributed by atoms with Gasteiger partial charge in [0.2, 0.25) is 0 Å². The lowest BCUT2D eigenvalue weighted by molar-refractivity contribution is 0.291. The quantitative estimate of drug-likeness (QED) is 0.759. The summed E-state index contributed by atoms with van der Waals surface area (Å²) in [4.78, 5) is 4.77. The molecule has 2 rings (SSSR count). The predicted octanol–water partition coefficient (Wildman–Crippen LogP) is 3.43. The predicted molar refractivity (Wildman–Crippen MR) is 73.1 cm³/mol. The molecule has 1 saturated carbocycles. The van der Waals surface area contributed by atoms with Crippen LogP contribution in [-0.2, 0) is 0 Å². The van der Waals surface area contributed by atoms with E-state index < -0.39 is 0 Å². The van der Waals surface area contributed by atoms with E-state index in [2.05, 4.69) is 26.1 Å². The summed E-state index contributed by atoms with van der Waals surface area (Å²) in [5.41, 5.74) is 0.310. The summed E-state index contributed by atoms with van der Waals surface area (Å²) >= 11 is 1.91. The Morgan fingerprint density at radius 3 is 2.56 bits per heavy atom. The lowest BCUT2D eigenvalue weighted by atomic mass is 9.83. The molecule has 2 unspecified atom stereocenters. The van der Waals surface area contributed by atoms with Crippen LogP contribution in [0.4, 0.5) is 0 Å². The first-order valence-corrected chi connectivity index (χ1v) is 7.56. The highest BCUT2D eigenvalue weighted by Crippen LogP contribution is 2.30. The van der Waals surface area contributed by atoms with E-state index in [1.165, 1.54) is 43.0 Å². The Bertz CT molecular complexity index is 269. The van der Waals surface area contributed by atoms with Crippen LogP contribution < -0.4 is 5.32 Å². The third kappa shape index (κ3) is 2.93. The smallest absolute Gasteiger partial charge is 0.157 e. The minimum absolute atomic E-state index is 0.310. The van der Waals surface area contributed by atoms with Crippen LogP contribution in [0.1, 0.15) is 52.9 Å². The maximum Gasteiger partial charge on any atom is 0.157 e. The number of nitrogens with one attached hydrogen (secondary N) is 1. The molecule has 16 heavy (non-hydrogen) atoms. The second-order valence-electron chi connectivity index (χ2n) is 5.71. The third-order valence-corrected chi connectivity index (χ3v) is 5.17. The molecule has 0 aromatic carbocycles. The van der Waals surface area contributed by atoms with Gasteiger partial charge in [-0.3, -0.25) is 4.99 Å². The highest BCUT2D eigenvalue weighted by molar-refractivity contribution is 8.13. The minimum atomic E-state index is 0.310. The van der Waals surface area contributed by atoms with Crippen LogP contribution in [0.3, 0.4) is 0 Å². The topological polar surface area (TPSA) is 24.4 Å². The molecule has 0 aromatic heterocycles. The number of hydrogen-bond donors (Lipinski definition) is 1. The van der Waals surface area contributed by atoms with Crippen molar-refractivity contribution in [3.63, 3.8) is 0 Å². The van der Waals surface area contributed by atoms with Crippen molar-refractivity contribution in [2.45, 2.75) is 64.5 Å². The van der Waals surface area contributed by atoms with Crippen molar-refractivity contribution in [3.05, 3.63) is 0 Å². The molecular weight excluding hydrogens is 216 g/mol. The van der Waals surface area contributed by atoms with Gasteiger partial charge in [-0.1, -0.05) is 37.9 Å². The monoisotopic (exact) mass is 240 g/mol. The molecular formula is C13H24N2S. The van der Waals surface area contributed by atoms with Gasteiger partial charge in [0.15, 0.2) is 5.17 Å². The first kappa shape index (κ1) is 12.3. The summed E-state index contributed by atoms with van der Waals surface area (Å²) < 4.78 is 0. The number of hydrogen-bond acceptors (Lipinski definition) is 3. The van der Waals surface area contributed by atoms with Gasteiger partial charge in [-0.2, -0.15) is 0 Å². The van der Waals surface area contributed by atoms with Gasteiger partial charge in [-0.05, 0) is 32.6 Å². The molecule has 3 heteroatoms. The number of rotatable bonds is 1. The average Bonchev–Trinajstić information content (AvgIpc) is 2.24. The van der Waals surface area contributed by atoms with Crippen LogP contribution in [0.5, 0.6) is 0 Å².